The van der Waals surface area contributed by atoms with Crippen LogP contribution in [-0.4, -0.2) is 36.3 Å². The molecule has 4 nitrogen and oxygen atoms in total. The second-order valence-electron chi connectivity index (χ2n) is 4.41. The first-order valence-corrected chi connectivity index (χ1v) is 6.01. The summed E-state index contributed by atoms with van der Waals surface area (Å²) in [5.74, 6) is -2.36. The molecule has 1 saturated heterocycles. The topological polar surface area (TPSA) is 42.4 Å². The van der Waals surface area contributed by atoms with Crippen molar-refractivity contribution < 1.29 is 27.1 Å². The first-order valence-electron chi connectivity index (χ1n) is 6.01. The number of carbonyl (C=O) groups is 1. The summed E-state index contributed by atoms with van der Waals surface area (Å²) in [7, 11) is 0. The van der Waals surface area contributed by atoms with Gasteiger partial charge in [0.1, 0.15) is 11.9 Å². The highest BCUT2D eigenvalue weighted by molar-refractivity contribution is 5.75. The van der Waals surface area contributed by atoms with E-state index >= 15 is 0 Å². The number of hydrogen-bond donors (Lipinski definition) is 0. The number of esters is 1. The Labute approximate surface area is 112 Å². The zero-order chi connectivity index (χ0) is 14.8. The molecule has 1 aliphatic heterocycles. The Morgan fingerprint density at radius 2 is 1.95 bits per heavy atom. The fraction of sp³-hybridized carbons (Fsp3) is 0.500. The molecule has 0 aromatic carbocycles. The van der Waals surface area contributed by atoms with Gasteiger partial charge in [0.25, 0.3) is 0 Å². The van der Waals surface area contributed by atoms with Gasteiger partial charge >= 0.3 is 12.1 Å². The summed E-state index contributed by atoms with van der Waals surface area (Å²) < 4.78 is 53.5. The number of halogens is 4. The zero-order valence-electron chi connectivity index (χ0n) is 10.4. The highest BCUT2D eigenvalue weighted by Crippen LogP contribution is 2.23. The molecule has 1 aromatic heterocycles. The standard InChI is InChI=1S/C12H12F4N2O2/c13-9-2-1-3-10(17-9)18-6-4-8(5-7-18)20-11(19)12(14,15)16/h1-3,8H,4-7H2. The number of hydrogen-bond acceptors (Lipinski definition) is 4. The van der Waals surface area contributed by atoms with Gasteiger partial charge < -0.3 is 9.64 Å². The van der Waals surface area contributed by atoms with Gasteiger partial charge in [0.05, 0.1) is 0 Å². The fourth-order valence-corrected chi connectivity index (χ4v) is 1.99. The van der Waals surface area contributed by atoms with Crippen LogP contribution < -0.4 is 4.90 Å². The maximum atomic E-state index is 13.0. The predicted octanol–water partition coefficient (Wildman–Crippen LogP) is 2.30. The molecule has 0 atom stereocenters. The van der Waals surface area contributed by atoms with Crippen molar-refractivity contribution >= 4 is 11.8 Å². The largest absolute Gasteiger partial charge is 0.490 e. The Morgan fingerprint density at radius 3 is 2.50 bits per heavy atom. The van der Waals surface area contributed by atoms with Crippen molar-refractivity contribution in [2.45, 2.75) is 25.1 Å². The van der Waals surface area contributed by atoms with Crippen LogP contribution in [0.1, 0.15) is 12.8 Å². The van der Waals surface area contributed by atoms with Crippen LogP contribution in [0.5, 0.6) is 0 Å². The SMILES string of the molecule is O=C(OC1CCN(c2cccc(F)n2)CC1)C(F)(F)F. The maximum absolute atomic E-state index is 13.0. The van der Waals surface area contributed by atoms with Gasteiger partial charge in [0.2, 0.25) is 5.95 Å². The minimum absolute atomic E-state index is 0.250. The third-order valence-corrected chi connectivity index (χ3v) is 2.97. The van der Waals surface area contributed by atoms with E-state index in [1.54, 1.807) is 11.0 Å². The highest BCUT2D eigenvalue weighted by Gasteiger charge is 2.42. The van der Waals surface area contributed by atoms with Crippen LogP contribution in [0.2, 0.25) is 0 Å². The van der Waals surface area contributed by atoms with E-state index in [2.05, 4.69) is 9.72 Å². The number of anilines is 1. The van der Waals surface area contributed by atoms with Gasteiger partial charge in [-0.3, -0.25) is 0 Å². The third-order valence-electron chi connectivity index (χ3n) is 2.97. The molecule has 0 radical (unpaired) electrons. The second-order valence-corrected chi connectivity index (χ2v) is 4.41. The van der Waals surface area contributed by atoms with E-state index in [1.165, 1.54) is 12.1 Å². The third kappa shape index (κ3) is 3.58. The molecule has 0 N–H and O–H groups in total. The summed E-state index contributed by atoms with van der Waals surface area (Å²) >= 11 is 0. The molecule has 0 aliphatic carbocycles. The van der Waals surface area contributed by atoms with Gasteiger partial charge in [-0.05, 0) is 12.1 Å². The molecular formula is C12H12F4N2O2. The fourth-order valence-electron chi connectivity index (χ4n) is 1.99. The number of ether oxygens (including phenoxy) is 1. The van der Waals surface area contributed by atoms with E-state index in [-0.39, 0.29) is 12.8 Å². The number of aromatic nitrogens is 1. The highest BCUT2D eigenvalue weighted by atomic mass is 19.4. The van der Waals surface area contributed by atoms with Gasteiger partial charge in [0, 0.05) is 25.9 Å². The van der Waals surface area contributed by atoms with Crippen molar-refractivity contribution in [2.75, 3.05) is 18.0 Å². The van der Waals surface area contributed by atoms with Crippen LogP contribution in [0.25, 0.3) is 0 Å². The first-order chi connectivity index (χ1) is 9.36. The molecule has 2 heterocycles. The molecule has 0 saturated carbocycles. The molecule has 0 unspecified atom stereocenters. The average molecular weight is 292 g/mol. The minimum Gasteiger partial charge on any atom is -0.456 e. The molecule has 0 bridgehead atoms. The monoisotopic (exact) mass is 292 g/mol. The van der Waals surface area contributed by atoms with E-state index in [9.17, 15) is 22.4 Å². The Hall–Kier alpha value is -1.86. The summed E-state index contributed by atoms with van der Waals surface area (Å²) in [5, 5.41) is 0. The van der Waals surface area contributed by atoms with Gasteiger partial charge in [-0.2, -0.15) is 17.6 Å². The summed E-state index contributed by atoms with van der Waals surface area (Å²) in [6.45, 7) is 0.707. The summed E-state index contributed by atoms with van der Waals surface area (Å²) in [6, 6.07) is 4.33. The van der Waals surface area contributed by atoms with Crippen LogP contribution in [0, 0.1) is 5.95 Å². The lowest BCUT2D eigenvalue weighted by molar-refractivity contribution is -0.205. The molecule has 1 fully saturated rings. The van der Waals surface area contributed by atoms with E-state index in [0.29, 0.717) is 18.9 Å². The molecule has 0 amide bonds. The summed E-state index contributed by atoms with van der Waals surface area (Å²) in [6.07, 6.45) is -5.24. The van der Waals surface area contributed by atoms with Crippen molar-refractivity contribution in [1.82, 2.24) is 4.98 Å². The van der Waals surface area contributed by atoms with Crippen molar-refractivity contribution in [1.29, 1.82) is 0 Å². The molecular weight excluding hydrogens is 280 g/mol. The smallest absolute Gasteiger partial charge is 0.456 e. The van der Waals surface area contributed by atoms with Crippen molar-refractivity contribution in [2.24, 2.45) is 0 Å². The Balaban J connectivity index is 1.88. The van der Waals surface area contributed by atoms with Crippen LogP contribution in [-0.2, 0) is 9.53 Å². The normalized spacial score (nSPS) is 17.1. The molecule has 1 aromatic rings. The number of piperidine rings is 1. The predicted molar refractivity (Wildman–Crippen MR) is 61.6 cm³/mol. The maximum Gasteiger partial charge on any atom is 0.490 e. The lowest BCUT2D eigenvalue weighted by atomic mass is 10.1. The van der Waals surface area contributed by atoms with Gasteiger partial charge in [0.15, 0.2) is 0 Å². The van der Waals surface area contributed by atoms with Crippen LogP contribution in [0.4, 0.5) is 23.4 Å². The van der Waals surface area contributed by atoms with Crippen molar-refractivity contribution in [3.63, 3.8) is 0 Å². The first kappa shape index (κ1) is 14.5. The van der Waals surface area contributed by atoms with E-state index < -0.39 is 24.2 Å². The van der Waals surface area contributed by atoms with Crippen LogP contribution in [0.15, 0.2) is 18.2 Å². The molecule has 110 valence electrons. The van der Waals surface area contributed by atoms with Gasteiger partial charge in [-0.15, -0.1) is 0 Å². The van der Waals surface area contributed by atoms with Crippen LogP contribution in [0.3, 0.4) is 0 Å². The molecule has 20 heavy (non-hydrogen) atoms. The van der Waals surface area contributed by atoms with Crippen molar-refractivity contribution in [3.05, 3.63) is 24.1 Å². The van der Waals surface area contributed by atoms with E-state index in [0.717, 1.165) is 0 Å². The van der Waals surface area contributed by atoms with E-state index in [4.69, 9.17) is 0 Å². The van der Waals surface area contributed by atoms with Gasteiger partial charge in [-0.25, -0.2) is 9.78 Å². The summed E-state index contributed by atoms with van der Waals surface area (Å²) in [4.78, 5) is 16.1. The summed E-state index contributed by atoms with van der Waals surface area (Å²) in [5.41, 5.74) is 0. The van der Waals surface area contributed by atoms with E-state index in [1.807, 2.05) is 0 Å². The van der Waals surface area contributed by atoms with Crippen LogP contribution >= 0.6 is 0 Å². The van der Waals surface area contributed by atoms with Gasteiger partial charge in [-0.1, -0.05) is 6.07 Å². The molecule has 8 heteroatoms. The molecule has 1 aliphatic rings. The number of pyridine rings is 1. The number of carbonyl (C=O) groups excluding carboxylic acids is 1. The Kier molecular flexibility index (Phi) is 4.10. The quantitative estimate of drug-likeness (QED) is 0.476. The second kappa shape index (κ2) is 5.64. The Morgan fingerprint density at radius 1 is 1.30 bits per heavy atom. The lowest BCUT2D eigenvalue weighted by Crippen LogP contribution is -2.40. The molecule has 0 spiro atoms. The number of alkyl halides is 3. The average Bonchev–Trinajstić information content (AvgIpc) is 2.38. The number of rotatable bonds is 2. The molecule has 2 rings (SSSR count). The number of nitrogens with zero attached hydrogens (tertiary/aromatic N) is 2. The Bertz CT molecular complexity index is 485. The minimum atomic E-state index is -4.97. The zero-order valence-corrected chi connectivity index (χ0v) is 10.4. The van der Waals surface area contributed by atoms with Crippen molar-refractivity contribution in [3.8, 4) is 0 Å². The lowest BCUT2D eigenvalue weighted by Gasteiger charge is -2.32.